The summed E-state index contributed by atoms with van der Waals surface area (Å²) in [5.41, 5.74) is 0.170. The molecule has 5 rings (SSSR count). The van der Waals surface area contributed by atoms with Crippen LogP contribution >= 0.6 is 11.6 Å². The van der Waals surface area contributed by atoms with Gasteiger partial charge in [0, 0.05) is 11.1 Å². The Balaban J connectivity index is 1.86. The number of benzene rings is 5. The quantitative estimate of drug-likeness (QED) is 0.331. The topological polar surface area (TPSA) is 57.2 Å². The molecule has 5 aromatic carbocycles. The highest BCUT2D eigenvalue weighted by Gasteiger charge is 2.21. The van der Waals surface area contributed by atoms with E-state index in [2.05, 4.69) is 6.07 Å². The van der Waals surface area contributed by atoms with Crippen molar-refractivity contribution in [2.75, 3.05) is 0 Å². The summed E-state index contributed by atoms with van der Waals surface area (Å²) in [6.45, 7) is 0. The van der Waals surface area contributed by atoms with Gasteiger partial charge >= 0.3 is 0 Å². The van der Waals surface area contributed by atoms with Gasteiger partial charge in [-0.15, -0.1) is 0 Å². The molecule has 0 saturated carbocycles. The largest absolute Gasteiger partial charge is 0.545 e. The number of aromatic carboxylic acids is 1. The zero-order valence-corrected chi connectivity index (χ0v) is 15.3. The van der Waals surface area contributed by atoms with Crippen LogP contribution in [0.25, 0.3) is 32.3 Å². The molecule has 0 saturated heterocycles. The molecule has 4 heteroatoms. The van der Waals surface area contributed by atoms with Crippen LogP contribution in [-0.4, -0.2) is 11.8 Å². The van der Waals surface area contributed by atoms with Crippen LogP contribution in [0.4, 0.5) is 0 Å². The van der Waals surface area contributed by atoms with E-state index in [1.54, 1.807) is 6.07 Å². The number of rotatable bonds is 3. The number of halogens is 1. The summed E-state index contributed by atoms with van der Waals surface area (Å²) in [5.74, 6) is -1.86. The fourth-order valence-corrected chi connectivity index (χ4v) is 4.25. The van der Waals surface area contributed by atoms with E-state index in [4.69, 9.17) is 11.6 Å². The molecule has 0 aliphatic rings. The number of carboxylic acids is 1. The van der Waals surface area contributed by atoms with Gasteiger partial charge in [0.25, 0.3) is 0 Å². The first kappa shape index (κ1) is 16.7. The summed E-state index contributed by atoms with van der Waals surface area (Å²) in [4.78, 5) is 24.9. The summed E-state index contributed by atoms with van der Waals surface area (Å²) in [7, 11) is 0. The summed E-state index contributed by atoms with van der Waals surface area (Å²) in [6, 6.07) is 22.0. The van der Waals surface area contributed by atoms with Crippen molar-refractivity contribution >= 4 is 55.7 Å². The van der Waals surface area contributed by atoms with Gasteiger partial charge in [-0.3, -0.25) is 4.79 Å². The van der Waals surface area contributed by atoms with E-state index in [-0.39, 0.29) is 16.1 Å². The van der Waals surface area contributed by atoms with E-state index in [1.807, 2.05) is 42.5 Å². The lowest BCUT2D eigenvalue weighted by molar-refractivity contribution is -0.255. The van der Waals surface area contributed by atoms with E-state index in [0.29, 0.717) is 5.56 Å². The highest BCUT2D eigenvalue weighted by molar-refractivity contribution is 6.37. The van der Waals surface area contributed by atoms with E-state index in [1.165, 1.54) is 18.2 Å². The molecule has 0 aliphatic carbocycles. The van der Waals surface area contributed by atoms with Crippen molar-refractivity contribution in [3.05, 3.63) is 94.5 Å². The SMILES string of the molecule is O=C([O-])c1cccc(Cl)c1C(=O)c1ccc2ccc3cccc4ccc1c2c34. The lowest BCUT2D eigenvalue weighted by Gasteiger charge is -2.15. The van der Waals surface area contributed by atoms with Gasteiger partial charge in [-0.1, -0.05) is 72.3 Å². The monoisotopic (exact) mass is 383 g/mol. The maximum Gasteiger partial charge on any atom is 0.195 e. The van der Waals surface area contributed by atoms with Crippen LogP contribution in [0.15, 0.2) is 72.8 Å². The van der Waals surface area contributed by atoms with Crippen LogP contribution in [-0.2, 0) is 0 Å². The minimum absolute atomic E-state index is 0.0424. The zero-order chi connectivity index (χ0) is 19.4. The van der Waals surface area contributed by atoms with Gasteiger partial charge in [0.05, 0.1) is 16.6 Å². The van der Waals surface area contributed by atoms with Gasteiger partial charge in [0.2, 0.25) is 0 Å². The van der Waals surface area contributed by atoms with E-state index in [0.717, 1.165) is 32.3 Å². The molecule has 134 valence electrons. The average molecular weight is 384 g/mol. The minimum atomic E-state index is -1.43. The van der Waals surface area contributed by atoms with Crippen molar-refractivity contribution < 1.29 is 14.7 Å². The Morgan fingerprint density at radius 2 is 1.29 bits per heavy atom. The van der Waals surface area contributed by atoms with Gasteiger partial charge in [-0.2, -0.15) is 0 Å². The summed E-state index contributed by atoms with van der Waals surface area (Å²) >= 11 is 6.21. The van der Waals surface area contributed by atoms with Gasteiger partial charge in [-0.25, -0.2) is 0 Å². The Hall–Kier alpha value is -3.43. The molecule has 0 atom stereocenters. The molecule has 3 nitrogen and oxygen atoms in total. The minimum Gasteiger partial charge on any atom is -0.545 e. The van der Waals surface area contributed by atoms with Gasteiger partial charge in [-0.05, 0) is 44.5 Å². The normalized spacial score (nSPS) is 11.5. The fraction of sp³-hybridized carbons (Fsp3) is 0. The third-order valence-electron chi connectivity index (χ3n) is 5.23. The molecule has 0 N–H and O–H groups in total. The molecule has 28 heavy (non-hydrogen) atoms. The van der Waals surface area contributed by atoms with E-state index < -0.39 is 11.8 Å². The van der Waals surface area contributed by atoms with E-state index >= 15 is 0 Å². The Bertz CT molecular complexity index is 1400. The van der Waals surface area contributed by atoms with Crippen molar-refractivity contribution in [2.45, 2.75) is 0 Å². The predicted molar refractivity (Wildman–Crippen MR) is 109 cm³/mol. The van der Waals surface area contributed by atoms with Crippen molar-refractivity contribution in [1.29, 1.82) is 0 Å². The van der Waals surface area contributed by atoms with Crippen molar-refractivity contribution in [2.24, 2.45) is 0 Å². The maximum atomic E-state index is 13.4. The summed E-state index contributed by atoms with van der Waals surface area (Å²) < 4.78 is 0. The molecule has 5 aromatic rings. The van der Waals surface area contributed by atoms with Crippen LogP contribution in [0, 0.1) is 0 Å². The van der Waals surface area contributed by atoms with Crippen LogP contribution in [0.2, 0.25) is 5.02 Å². The van der Waals surface area contributed by atoms with Crippen LogP contribution in [0.3, 0.4) is 0 Å². The number of hydrogen-bond acceptors (Lipinski definition) is 3. The molecule has 0 heterocycles. The third-order valence-corrected chi connectivity index (χ3v) is 5.55. The number of hydrogen-bond donors (Lipinski definition) is 0. The average Bonchev–Trinajstić information content (AvgIpc) is 2.71. The van der Waals surface area contributed by atoms with Gasteiger partial charge in [0.15, 0.2) is 5.78 Å². The third kappa shape index (κ3) is 2.30. The number of carboxylic acid groups (broad SMARTS) is 1. The molecule has 0 spiro atoms. The second-order valence-corrected chi connectivity index (χ2v) is 7.16. The Labute approximate surface area is 165 Å². The second kappa shape index (κ2) is 6.04. The van der Waals surface area contributed by atoms with Crippen molar-refractivity contribution in [1.82, 2.24) is 0 Å². The summed E-state index contributed by atoms with van der Waals surface area (Å²) in [6.07, 6.45) is 0. The van der Waals surface area contributed by atoms with Crippen molar-refractivity contribution in [3.8, 4) is 0 Å². The van der Waals surface area contributed by atoms with Crippen molar-refractivity contribution in [3.63, 3.8) is 0 Å². The lowest BCUT2D eigenvalue weighted by Crippen LogP contribution is -2.25. The van der Waals surface area contributed by atoms with Crippen LogP contribution in [0.5, 0.6) is 0 Å². The number of carbonyl (C=O) groups excluding carboxylic acids is 2. The molecule has 0 aliphatic heterocycles. The molecular weight excluding hydrogens is 372 g/mol. The zero-order valence-electron chi connectivity index (χ0n) is 14.5. The molecule has 0 radical (unpaired) electrons. The highest BCUT2D eigenvalue weighted by atomic mass is 35.5. The first-order valence-corrected chi connectivity index (χ1v) is 9.15. The fourth-order valence-electron chi connectivity index (χ4n) is 3.99. The molecular formula is C24H12ClO3-. The second-order valence-electron chi connectivity index (χ2n) is 6.75. The van der Waals surface area contributed by atoms with Gasteiger partial charge < -0.3 is 9.90 Å². The summed E-state index contributed by atoms with van der Waals surface area (Å²) in [5, 5.41) is 17.7. The lowest BCUT2D eigenvalue weighted by atomic mass is 9.89. The Kier molecular flexibility index (Phi) is 3.61. The highest BCUT2D eigenvalue weighted by Crippen LogP contribution is 2.37. The Morgan fingerprint density at radius 3 is 2.00 bits per heavy atom. The standard InChI is InChI=1S/C24H13ClO3/c25-19-6-2-5-18(24(27)28)22(19)23(26)17-12-10-15-8-7-13-3-1-4-14-9-11-16(17)21(15)20(13)14/h1-12H,(H,27,28)/p-1. The first-order valence-electron chi connectivity index (χ1n) is 8.77. The van der Waals surface area contributed by atoms with Crippen LogP contribution < -0.4 is 5.11 Å². The van der Waals surface area contributed by atoms with Crippen LogP contribution in [0.1, 0.15) is 26.3 Å². The first-order chi connectivity index (χ1) is 13.6. The van der Waals surface area contributed by atoms with E-state index in [9.17, 15) is 14.7 Å². The molecule has 0 unspecified atom stereocenters. The molecule has 0 bridgehead atoms. The molecule has 0 aromatic heterocycles. The molecule has 0 amide bonds. The number of carbonyl (C=O) groups is 2. The van der Waals surface area contributed by atoms with Gasteiger partial charge in [0.1, 0.15) is 0 Å². The molecule has 0 fully saturated rings. The Morgan fingerprint density at radius 1 is 0.679 bits per heavy atom. The number of ketones is 1. The maximum absolute atomic E-state index is 13.4. The predicted octanol–water partition coefficient (Wildman–Crippen LogP) is 4.83. The smallest absolute Gasteiger partial charge is 0.195 e.